The zero-order valence-corrected chi connectivity index (χ0v) is 13.8. The number of hydrogen-bond acceptors (Lipinski definition) is 4. The molecular weight excluding hydrogens is 292 g/mol. The van der Waals surface area contributed by atoms with E-state index in [1.54, 1.807) is 0 Å². The summed E-state index contributed by atoms with van der Waals surface area (Å²) in [5, 5.41) is 0. The third-order valence-corrected chi connectivity index (χ3v) is 3.54. The Balaban J connectivity index is 2.02. The second-order valence-corrected chi connectivity index (χ2v) is 5.57. The van der Waals surface area contributed by atoms with Gasteiger partial charge in [-0.2, -0.15) is 0 Å². The van der Waals surface area contributed by atoms with E-state index in [0.29, 0.717) is 11.5 Å². The van der Waals surface area contributed by atoms with Crippen molar-refractivity contribution in [2.24, 2.45) is 0 Å². The van der Waals surface area contributed by atoms with Crippen molar-refractivity contribution in [2.75, 3.05) is 0 Å². The maximum Gasteiger partial charge on any atom is 0.322 e. The van der Waals surface area contributed by atoms with Crippen LogP contribution in [0.1, 0.15) is 28.7 Å². The molecule has 0 atom stereocenters. The molecule has 0 radical (unpaired) electrons. The second-order valence-electron chi connectivity index (χ2n) is 5.57. The third kappa shape index (κ3) is 4.19. The Morgan fingerprint density at radius 2 is 1.00 bits per heavy atom. The Bertz CT molecular complexity index is 643. The number of ether oxygens (including phenoxy) is 2. The van der Waals surface area contributed by atoms with Crippen molar-refractivity contribution in [3.63, 3.8) is 0 Å². The monoisotopic (exact) mass is 312 g/mol. The zero-order valence-electron chi connectivity index (χ0n) is 13.8. The highest BCUT2D eigenvalue weighted by molar-refractivity contribution is 5.93. The number of carbonyl (C=O) groups is 2. The summed E-state index contributed by atoms with van der Waals surface area (Å²) in [6.07, 6.45) is -0.429. The molecule has 23 heavy (non-hydrogen) atoms. The molecule has 0 aliphatic heterocycles. The molecule has 0 heterocycles. The predicted octanol–water partition coefficient (Wildman–Crippen LogP) is 3.82. The van der Waals surface area contributed by atoms with E-state index in [-0.39, 0.29) is 0 Å². The van der Waals surface area contributed by atoms with Gasteiger partial charge < -0.3 is 9.47 Å². The van der Waals surface area contributed by atoms with Gasteiger partial charge in [0.15, 0.2) is 0 Å². The Morgan fingerprint density at radius 3 is 1.30 bits per heavy atom. The van der Waals surface area contributed by atoms with E-state index in [1.807, 2.05) is 64.1 Å². The van der Waals surface area contributed by atoms with Crippen LogP contribution in [0.5, 0.6) is 11.5 Å². The summed E-state index contributed by atoms with van der Waals surface area (Å²) >= 11 is 0. The maximum absolute atomic E-state index is 12.0. The molecule has 0 aromatic heterocycles. The van der Waals surface area contributed by atoms with Crippen LogP contribution in [0.3, 0.4) is 0 Å². The largest absolute Gasteiger partial charge is 0.426 e. The fourth-order valence-electron chi connectivity index (χ4n) is 2.34. The molecule has 0 saturated heterocycles. The molecule has 2 aromatic rings. The summed E-state index contributed by atoms with van der Waals surface area (Å²) in [6, 6.07) is 11.2. The summed E-state index contributed by atoms with van der Waals surface area (Å²) in [7, 11) is 0. The van der Waals surface area contributed by atoms with Crippen LogP contribution in [0, 0.1) is 27.7 Å². The van der Waals surface area contributed by atoms with Gasteiger partial charge in [-0.3, -0.25) is 9.59 Å². The van der Waals surface area contributed by atoms with Crippen molar-refractivity contribution in [1.29, 1.82) is 0 Å². The number of rotatable bonds is 4. The van der Waals surface area contributed by atoms with Crippen LogP contribution in [-0.4, -0.2) is 11.9 Å². The number of para-hydroxylation sites is 2. The number of esters is 2. The lowest BCUT2D eigenvalue weighted by molar-refractivity contribution is -0.144. The van der Waals surface area contributed by atoms with Crippen molar-refractivity contribution >= 4 is 11.9 Å². The first-order valence-electron chi connectivity index (χ1n) is 7.42. The van der Waals surface area contributed by atoms with Crippen molar-refractivity contribution in [3.8, 4) is 11.5 Å². The van der Waals surface area contributed by atoms with Gasteiger partial charge in [0, 0.05) is 0 Å². The average Bonchev–Trinajstić information content (AvgIpc) is 2.47. The molecular formula is C19H20O4. The highest BCUT2D eigenvalue weighted by atomic mass is 16.6. The van der Waals surface area contributed by atoms with E-state index in [0.717, 1.165) is 22.3 Å². The fourth-order valence-corrected chi connectivity index (χ4v) is 2.34. The van der Waals surface area contributed by atoms with Gasteiger partial charge in [-0.25, -0.2) is 0 Å². The highest BCUT2D eigenvalue weighted by Gasteiger charge is 2.17. The standard InChI is InChI=1S/C19H20O4/c1-12-7-5-8-13(2)18(12)22-16(20)11-17(21)23-19-14(3)9-6-10-15(19)4/h5-10H,11H2,1-4H3. The van der Waals surface area contributed by atoms with Gasteiger partial charge in [-0.05, 0) is 49.9 Å². The number of aryl methyl sites for hydroxylation is 4. The third-order valence-electron chi connectivity index (χ3n) is 3.54. The first kappa shape index (κ1) is 16.7. The van der Waals surface area contributed by atoms with E-state index in [2.05, 4.69) is 0 Å². The first-order chi connectivity index (χ1) is 10.9. The second kappa shape index (κ2) is 7.09. The molecule has 0 N–H and O–H groups in total. The molecule has 2 rings (SSSR count). The Morgan fingerprint density at radius 1 is 0.696 bits per heavy atom. The van der Waals surface area contributed by atoms with Crippen LogP contribution in [0.4, 0.5) is 0 Å². The number of carbonyl (C=O) groups excluding carboxylic acids is 2. The Labute approximate surface area is 136 Å². The van der Waals surface area contributed by atoms with Crippen LogP contribution in [0.15, 0.2) is 36.4 Å². The average molecular weight is 312 g/mol. The summed E-state index contributed by atoms with van der Waals surface area (Å²) in [5.41, 5.74) is 3.39. The van der Waals surface area contributed by atoms with Crippen LogP contribution < -0.4 is 9.47 Å². The van der Waals surface area contributed by atoms with E-state index in [9.17, 15) is 9.59 Å². The minimum atomic E-state index is -0.626. The summed E-state index contributed by atoms with van der Waals surface area (Å²) in [6.45, 7) is 7.41. The molecule has 0 fully saturated rings. The van der Waals surface area contributed by atoms with Gasteiger partial charge in [-0.15, -0.1) is 0 Å². The van der Waals surface area contributed by atoms with Crippen LogP contribution in [0.25, 0.3) is 0 Å². The lowest BCUT2D eigenvalue weighted by Crippen LogP contribution is -2.19. The molecule has 120 valence electrons. The van der Waals surface area contributed by atoms with Gasteiger partial charge in [-0.1, -0.05) is 36.4 Å². The van der Waals surface area contributed by atoms with E-state index in [4.69, 9.17) is 9.47 Å². The van der Waals surface area contributed by atoms with Gasteiger partial charge in [0.05, 0.1) is 0 Å². The van der Waals surface area contributed by atoms with Crippen molar-refractivity contribution in [1.82, 2.24) is 0 Å². The predicted molar refractivity (Wildman–Crippen MR) is 87.7 cm³/mol. The Hall–Kier alpha value is -2.62. The fraction of sp³-hybridized carbons (Fsp3) is 0.263. The lowest BCUT2D eigenvalue weighted by Gasteiger charge is -2.11. The Kier molecular flexibility index (Phi) is 5.16. The van der Waals surface area contributed by atoms with Crippen LogP contribution in [-0.2, 0) is 9.59 Å². The lowest BCUT2D eigenvalue weighted by atomic mass is 10.1. The first-order valence-corrected chi connectivity index (χ1v) is 7.42. The number of hydrogen-bond donors (Lipinski definition) is 0. The highest BCUT2D eigenvalue weighted by Crippen LogP contribution is 2.24. The summed E-state index contributed by atoms with van der Waals surface area (Å²) in [5.74, 6) is -0.257. The minimum absolute atomic E-state index is 0.429. The van der Waals surface area contributed by atoms with Crippen LogP contribution in [0.2, 0.25) is 0 Å². The molecule has 4 heteroatoms. The van der Waals surface area contributed by atoms with Crippen LogP contribution >= 0.6 is 0 Å². The normalized spacial score (nSPS) is 10.3. The van der Waals surface area contributed by atoms with Crippen molar-refractivity contribution in [2.45, 2.75) is 34.1 Å². The molecule has 0 amide bonds. The van der Waals surface area contributed by atoms with Gasteiger partial charge >= 0.3 is 11.9 Å². The maximum atomic E-state index is 12.0. The molecule has 4 nitrogen and oxygen atoms in total. The molecule has 0 bridgehead atoms. The summed E-state index contributed by atoms with van der Waals surface area (Å²) < 4.78 is 10.6. The van der Waals surface area contributed by atoms with Crippen molar-refractivity contribution < 1.29 is 19.1 Å². The molecule has 2 aromatic carbocycles. The SMILES string of the molecule is Cc1cccc(C)c1OC(=O)CC(=O)Oc1c(C)cccc1C. The quantitative estimate of drug-likeness (QED) is 0.489. The van der Waals surface area contributed by atoms with E-state index < -0.39 is 18.4 Å². The summed E-state index contributed by atoms with van der Waals surface area (Å²) in [4.78, 5) is 23.9. The smallest absolute Gasteiger partial charge is 0.322 e. The van der Waals surface area contributed by atoms with E-state index >= 15 is 0 Å². The zero-order chi connectivity index (χ0) is 17.0. The van der Waals surface area contributed by atoms with Crippen molar-refractivity contribution in [3.05, 3.63) is 58.7 Å². The van der Waals surface area contributed by atoms with E-state index in [1.165, 1.54) is 0 Å². The van der Waals surface area contributed by atoms with Gasteiger partial charge in [0.1, 0.15) is 17.9 Å². The van der Waals surface area contributed by atoms with Gasteiger partial charge in [0.2, 0.25) is 0 Å². The molecule has 0 unspecified atom stereocenters. The molecule has 0 aliphatic carbocycles. The number of benzene rings is 2. The molecule has 0 spiro atoms. The minimum Gasteiger partial charge on any atom is -0.426 e. The topological polar surface area (TPSA) is 52.6 Å². The van der Waals surface area contributed by atoms with Gasteiger partial charge in [0.25, 0.3) is 0 Å². The molecule has 0 aliphatic rings. The molecule has 0 saturated carbocycles.